The Labute approximate surface area is 196 Å². The van der Waals surface area contributed by atoms with E-state index in [0.29, 0.717) is 24.9 Å². The molecular weight excluding hydrogens is 446 g/mol. The third-order valence-electron chi connectivity index (χ3n) is 7.20. The largest absolute Gasteiger partial charge is 0.378 e. The minimum Gasteiger partial charge on any atom is -0.378 e. The van der Waals surface area contributed by atoms with Crippen LogP contribution < -0.4 is 10.6 Å². The Morgan fingerprint density at radius 2 is 2.00 bits per heavy atom. The molecule has 10 heteroatoms. The molecule has 1 aliphatic carbocycles. The molecule has 2 bridgehead atoms. The number of hydrogen-bond donors (Lipinski definition) is 3. The van der Waals surface area contributed by atoms with Gasteiger partial charge in [-0.2, -0.15) is 5.26 Å². The number of halogens is 2. The number of rotatable bonds is 6. The van der Waals surface area contributed by atoms with Crippen molar-refractivity contribution in [2.75, 3.05) is 6.54 Å². The van der Waals surface area contributed by atoms with Crippen LogP contribution in [0.25, 0.3) is 0 Å². The summed E-state index contributed by atoms with van der Waals surface area (Å²) in [7, 11) is 0. The maximum Gasteiger partial charge on any atom is 0.256 e. The molecule has 182 valence electrons. The van der Waals surface area contributed by atoms with E-state index in [4.69, 9.17) is 0 Å². The number of piperidine rings is 3. The number of aliphatic hydroxyl groups is 1. The second kappa shape index (κ2) is 9.66. The smallest absolute Gasteiger partial charge is 0.256 e. The highest BCUT2D eigenvalue weighted by Crippen LogP contribution is 2.49. The lowest BCUT2D eigenvalue weighted by molar-refractivity contribution is -0.198. The molecule has 1 aromatic carbocycles. The maximum absolute atomic E-state index is 14.8. The van der Waals surface area contributed by atoms with Crippen LogP contribution in [0.3, 0.4) is 0 Å². The predicted octanol–water partition coefficient (Wildman–Crippen LogP) is 1.66. The second-order valence-corrected chi connectivity index (χ2v) is 9.36. The average molecular weight is 475 g/mol. The van der Waals surface area contributed by atoms with Crippen molar-refractivity contribution < 1.29 is 28.3 Å². The number of nitrogens with one attached hydrogen (secondary N) is 2. The van der Waals surface area contributed by atoms with Crippen LogP contribution in [0.15, 0.2) is 30.3 Å². The lowest BCUT2D eigenvalue weighted by Gasteiger charge is -2.54. The summed E-state index contributed by atoms with van der Waals surface area (Å²) in [5, 5.41) is 25.5. The lowest BCUT2D eigenvalue weighted by atomic mass is 9.71. The van der Waals surface area contributed by atoms with E-state index < -0.39 is 60.2 Å². The quantitative estimate of drug-likeness (QED) is 0.579. The van der Waals surface area contributed by atoms with E-state index in [2.05, 4.69) is 10.6 Å². The molecule has 0 unspecified atom stereocenters. The number of alkyl halides is 2. The third kappa shape index (κ3) is 4.62. The lowest BCUT2D eigenvalue weighted by Crippen LogP contribution is -2.69. The zero-order valence-electron chi connectivity index (χ0n) is 18.6. The first-order valence-electron chi connectivity index (χ1n) is 11.6. The van der Waals surface area contributed by atoms with Gasteiger partial charge < -0.3 is 20.6 Å². The highest BCUT2D eigenvalue weighted by atomic mass is 19.3. The van der Waals surface area contributed by atoms with Crippen molar-refractivity contribution in [1.29, 1.82) is 5.26 Å². The molecule has 34 heavy (non-hydrogen) atoms. The van der Waals surface area contributed by atoms with E-state index in [9.17, 15) is 33.5 Å². The molecule has 4 aliphatic rings. The fourth-order valence-corrected chi connectivity index (χ4v) is 5.49. The standard InChI is InChI=1S/C24H28F2N4O4/c25-24(26)12-17-8-9-18(24)19(30(17)23(34)20(31)14-5-2-1-3-6-14)22(33)29-16(13-27)11-15-7-4-10-28-21(15)32/h1-3,5-6,15-20,31H,4,7-12H2,(H,28,32)(H,29,33)/t15-,16-,17+,18+,19-,20-/m0/s1. The Morgan fingerprint density at radius 3 is 2.65 bits per heavy atom. The number of nitrogens with zero attached hydrogens (tertiary/aromatic N) is 2. The van der Waals surface area contributed by atoms with Crippen LogP contribution in [0.1, 0.15) is 50.2 Å². The number of amides is 3. The van der Waals surface area contributed by atoms with Crippen molar-refractivity contribution in [1.82, 2.24) is 15.5 Å². The number of nitriles is 1. The molecule has 1 saturated carbocycles. The van der Waals surface area contributed by atoms with Crippen LogP contribution in [0.5, 0.6) is 0 Å². The van der Waals surface area contributed by atoms with Crippen molar-refractivity contribution in [3.63, 3.8) is 0 Å². The summed E-state index contributed by atoms with van der Waals surface area (Å²) in [6.07, 6.45) is -0.419. The van der Waals surface area contributed by atoms with Crippen molar-refractivity contribution >= 4 is 17.7 Å². The van der Waals surface area contributed by atoms with Crippen LogP contribution in [0, 0.1) is 23.2 Å². The van der Waals surface area contributed by atoms with Crippen LogP contribution in [-0.2, 0) is 14.4 Å². The first-order chi connectivity index (χ1) is 16.2. The van der Waals surface area contributed by atoms with Gasteiger partial charge in [0, 0.05) is 24.9 Å². The van der Waals surface area contributed by atoms with Crippen LogP contribution >= 0.6 is 0 Å². The van der Waals surface area contributed by atoms with Crippen molar-refractivity contribution in [3.8, 4) is 6.07 Å². The summed E-state index contributed by atoms with van der Waals surface area (Å²) in [6, 6.07) is 6.58. The molecule has 3 N–H and O–H groups in total. The molecular formula is C24H28F2N4O4. The zero-order valence-corrected chi connectivity index (χ0v) is 18.6. The Kier molecular flexibility index (Phi) is 6.84. The van der Waals surface area contributed by atoms with Gasteiger partial charge in [-0.3, -0.25) is 14.4 Å². The Bertz CT molecular complexity index is 983. The summed E-state index contributed by atoms with van der Waals surface area (Å²) in [5.41, 5.74) is 0.304. The monoisotopic (exact) mass is 474 g/mol. The molecule has 1 aromatic rings. The maximum atomic E-state index is 14.8. The minimum atomic E-state index is -3.15. The Balaban J connectivity index is 1.56. The summed E-state index contributed by atoms with van der Waals surface area (Å²) >= 11 is 0. The first kappa shape index (κ1) is 24.1. The van der Waals surface area contributed by atoms with Gasteiger partial charge in [-0.05, 0) is 37.7 Å². The SMILES string of the molecule is N#C[C@H](C[C@@H]1CCCNC1=O)NC(=O)[C@@H]1[C@H]2CC[C@H](CC2(F)F)N1C(=O)[C@@H](O)c1ccccc1. The molecule has 3 aliphatic heterocycles. The average Bonchev–Trinajstić information content (AvgIpc) is 2.83. The summed E-state index contributed by atoms with van der Waals surface area (Å²) in [6.45, 7) is 0.556. The van der Waals surface area contributed by atoms with Crippen molar-refractivity contribution in [2.45, 2.75) is 68.7 Å². The number of carbonyl (C=O) groups is 3. The summed E-state index contributed by atoms with van der Waals surface area (Å²) < 4.78 is 29.6. The van der Waals surface area contributed by atoms with Gasteiger partial charge in [-0.15, -0.1) is 0 Å². The van der Waals surface area contributed by atoms with E-state index in [1.807, 2.05) is 6.07 Å². The predicted molar refractivity (Wildman–Crippen MR) is 116 cm³/mol. The highest BCUT2D eigenvalue weighted by molar-refractivity contribution is 5.91. The van der Waals surface area contributed by atoms with Gasteiger partial charge >= 0.3 is 0 Å². The van der Waals surface area contributed by atoms with Crippen LogP contribution in [0.2, 0.25) is 0 Å². The number of fused-ring (bicyclic) bond motifs is 3. The van der Waals surface area contributed by atoms with E-state index in [0.717, 1.165) is 11.3 Å². The third-order valence-corrected chi connectivity index (χ3v) is 7.20. The molecule has 0 spiro atoms. The van der Waals surface area contributed by atoms with Crippen LogP contribution in [-0.4, -0.2) is 58.3 Å². The van der Waals surface area contributed by atoms with Crippen molar-refractivity contribution in [3.05, 3.63) is 35.9 Å². The Morgan fingerprint density at radius 1 is 1.26 bits per heavy atom. The van der Waals surface area contributed by atoms with Gasteiger partial charge in [-0.25, -0.2) is 8.78 Å². The fraction of sp³-hybridized carbons (Fsp3) is 0.583. The molecule has 8 nitrogen and oxygen atoms in total. The number of carbonyl (C=O) groups excluding carboxylic acids is 3. The summed E-state index contributed by atoms with van der Waals surface area (Å²) in [5.74, 6) is -6.89. The molecule has 3 saturated heterocycles. The number of benzene rings is 1. The van der Waals surface area contributed by atoms with Gasteiger partial charge in [0.2, 0.25) is 11.8 Å². The highest BCUT2D eigenvalue weighted by Gasteiger charge is 2.61. The van der Waals surface area contributed by atoms with Gasteiger partial charge in [0.15, 0.2) is 6.10 Å². The van der Waals surface area contributed by atoms with E-state index in [-0.39, 0.29) is 18.7 Å². The first-order valence-corrected chi connectivity index (χ1v) is 11.6. The Hall–Kier alpha value is -3.06. The topological polar surface area (TPSA) is 123 Å². The molecule has 0 aromatic heterocycles. The van der Waals surface area contributed by atoms with Gasteiger partial charge in [0.05, 0.1) is 12.0 Å². The molecule has 3 heterocycles. The van der Waals surface area contributed by atoms with Gasteiger partial charge in [0.25, 0.3) is 11.8 Å². The number of hydrogen-bond acceptors (Lipinski definition) is 5. The minimum absolute atomic E-state index is 0.0587. The molecule has 0 radical (unpaired) electrons. The van der Waals surface area contributed by atoms with E-state index in [1.165, 1.54) is 0 Å². The molecule has 4 fully saturated rings. The second-order valence-electron chi connectivity index (χ2n) is 9.36. The molecule has 3 amide bonds. The molecule has 5 rings (SSSR count). The summed E-state index contributed by atoms with van der Waals surface area (Å²) in [4.78, 5) is 39.7. The van der Waals surface area contributed by atoms with Crippen molar-refractivity contribution in [2.24, 2.45) is 11.8 Å². The normalized spacial score (nSPS) is 29.5. The fourth-order valence-electron chi connectivity index (χ4n) is 5.49. The number of aliphatic hydroxyl groups excluding tert-OH is 1. The van der Waals surface area contributed by atoms with Gasteiger partial charge in [0.1, 0.15) is 12.1 Å². The molecule has 6 atom stereocenters. The van der Waals surface area contributed by atoms with E-state index >= 15 is 0 Å². The van der Waals surface area contributed by atoms with Crippen LogP contribution in [0.4, 0.5) is 8.78 Å². The van der Waals surface area contributed by atoms with Gasteiger partial charge in [-0.1, -0.05) is 30.3 Å². The zero-order chi connectivity index (χ0) is 24.5. The van der Waals surface area contributed by atoms with E-state index in [1.54, 1.807) is 30.3 Å².